The summed E-state index contributed by atoms with van der Waals surface area (Å²) in [6.07, 6.45) is 1.97. The summed E-state index contributed by atoms with van der Waals surface area (Å²) in [4.78, 5) is 24.8. The molecule has 2 rings (SSSR count). The third kappa shape index (κ3) is 3.71. The summed E-state index contributed by atoms with van der Waals surface area (Å²) in [6, 6.07) is 4.63. The van der Waals surface area contributed by atoms with Crippen molar-refractivity contribution < 1.29 is 9.72 Å². The first-order valence-electron chi connectivity index (χ1n) is 6.78. The molecule has 116 valence electrons. The fourth-order valence-electron chi connectivity index (χ4n) is 2.67. The summed E-state index contributed by atoms with van der Waals surface area (Å²) < 4.78 is 0. The molecule has 1 aromatic rings. The number of amides is 1. The molecule has 0 bridgehead atoms. The van der Waals surface area contributed by atoms with E-state index >= 15 is 0 Å². The minimum atomic E-state index is -0.453. The highest BCUT2D eigenvalue weighted by Gasteiger charge is 2.26. The van der Waals surface area contributed by atoms with Crippen molar-refractivity contribution in [2.45, 2.75) is 19.8 Å². The van der Waals surface area contributed by atoms with Gasteiger partial charge in [0, 0.05) is 30.3 Å². The van der Waals surface area contributed by atoms with Gasteiger partial charge in [-0.25, -0.2) is 0 Å². The Kier molecular flexibility index (Phi) is 6.11. The molecule has 6 nitrogen and oxygen atoms in total. The Labute approximate surface area is 129 Å². The number of halogens is 1. The van der Waals surface area contributed by atoms with Crippen molar-refractivity contribution in [2.24, 2.45) is 11.7 Å². The van der Waals surface area contributed by atoms with Crippen molar-refractivity contribution in [2.75, 3.05) is 19.6 Å². The van der Waals surface area contributed by atoms with Gasteiger partial charge < -0.3 is 10.6 Å². The van der Waals surface area contributed by atoms with Crippen LogP contribution >= 0.6 is 12.4 Å². The normalized spacial score (nSPS) is 18.0. The standard InChI is InChI=1S/C14H19N3O3.ClH/c1-10-12(5-2-6-13(10)17(19)20)14(18)16-7-3-4-11(8-15)9-16;/h2,5-6,11H,3-4,7-9,15H2,1H3;1H. The van der Waals surface area contributed by atoms with Gasteiger partial charge in [0.25, 0.3) is 11.6 Å². The van der Waals surface area contributed by atoms with E-state index in [9.17, 15) is 14.9 Å². The predicted molar refractivity (Wildman–Crippen MR) is 82.8 cm³/mol. The van der Waals surface area contributed by atoms with Crippen LogP contribution in [0.15, 0.2) is 18.2 Å². The highest BCUT2D eigenvalue weighted by molar-refractivity contribution is 5.96. The molecule has 1 fully saturated rings. The Hall–Kier alpha value is -1.66. The molecule has 2 N–H and O–H groups in total. The maximum Gasteiger partial charge on any atom is 0.273 e. The molecule has 1 aliphatic heterocycles. The number of nitro groups is 1. The molecule has 1 amide bonds. The third-order valence-corrected chi connectivity index (χ3v) is 3.87. The first-order valence-corrected chi connectivity index (χ1v) is 6.78. The Morgan fingerprint density at radius 1 is 1.52 bits per heavy atom. The lowest BCUT2D eigenvalue weighted by Gasteiger charge is -2.32. The number of nitrogens with two attached hydrogens (primary N) is 1. The van der Waals surface area contributed by atoms with Gasteiger partial charge in [0.15, 0.2) is 0 Å². The van der Waals surface area contributed by atoms with Crippen molar-refractivity contribution in [3.63, 3.8) is 0 Å². The molecule has 7 heteroatoms. The topological polar surface area (TPSA) is 89.5 Å². The molecule has 0 aromatic heterocycles. The van der Waals surface area contributed by atoms with Crippen LogP contribution in [0.4, 0.5) is 5.69 Å². The quantitative estimate of drug-likeness (QED) is 0.684. The average Bonchev–Trinajstić information content (AvgIpc) is 2.46. The van der Waals surface area contributed by atoms with Crippen LogP contribution in [0.1, 0.15) is 28.8 Å². The average molecular weight is 314 g/mol. The number of carbonyl (C=O) groups is 1. The fourth-order valence-corrected chi connectivity index (χ4v) is 2.67. The van der Waals surface area contributed by atoms with Crippen LogP contribution in [0, 0.1) is 23.0 Å². The minimum Gasteiger partial charge on any atom is -0.338 e. The maximum absolute atomic E-state index is 12.5. The summed E-state index contributed by atoms with van der Waals surface area (Å²) in [5.41, 5.74) is 6.50. The number of likely N-dealkylation sites (tertiary alicyclic amines) is 1. The third-order valence-electron chi connectivity index (χ3n) is 3.87. The second-order valence-electron chi connectivity index (χ2n) is 5.20. The fraction of sp³-hybridized carbons (Fsp3) is 0.500. The number of piperidine rings is 1. The molecule has 1 heterocycles. The highest BCUT2D eigenvalue weighted by atomic mass is 35.5. The molecule has 1 saturated heterocycles. The van der Waals surface area contributed by atoms with E-state index < -0.39 is 4.92 Å². The molecule has 0 aliphatic carbocycles. The second kappa shape index (κ2) is 7.38. The van der Waals surface area contributed by atoms with Crippen molar-refractivity contribution in [1.82, 2.24) is 4.90 Å². The number of rotatable bonds is 3. The zero-order valence-electron chi connectivity index (χ0n) is 11.9. The zero-order valence-corrected chi connectivity index (χ0v) is 12.8. The number of carbonyl (C=O) groups excluding carboxylic acids is 1. The lowest BCUT2D eigenvalue weighted by atomic mass is 9.97. The van der Waals surface area contributed by atoms with Gasteiger partial charge >= 0.3 is 0 Å². The predicted octanol–water partition coefficient (Wildman–Crippen LogP) is 2.14. The van der Waals surface area contributed by atoms with Crippen LogP contribution in [-0.4, -0.2) is 35.4 Å². The molecular weight excluding hydrogens is 294 g/mol. The lowest BCUT2D eigenvalue weighted by Crippen LogP contribution is -2.42. The van der Waals surface area contributed by atoms with Crippen LogP contribution < -0.4 is 5.73 Å². The lowest BCUT2D eigenvalue weighted by molar-refractivity contribution is -0.385. The van der Waals surface area contributed by atoms with E-state index in [-0.39, 0.29) is 24.0 Å². The first-order chi connectivity index (χ1) is 9.54. The van der Waals surface area contributed by atoms with E-state index in [1.54, 1.807) is 24.0 Å². The van der Waals surface area contributed by atoms with Crippen LogP contribution in [0.5, 0.6) is 0 Å². The molecule has 0 spiro atoms. The molecule has 0 saturated carbocycles. The van der Waals surface area contributed by atoms with Gasteiger partial charge in [-0.2, -0.15) is 0 Å². The number of nitro benzene ring substituents is 1. The van der Waals surface area contributed by atoms with Crippen LogP contribution in [0.3, 0.4) is 0 Å². The van der Waals surface area contributed by atoms with Gasteiger partial charge in [-0.1, -0.05) is 6.07 Å². The van der Waals surface area contributed by atoms with E-state index in [0.717, 1.165) is 12.8 Å². The largest absolute Gasteiger partial charge is 0.338 e. The van der Waals surface area contributed by atoms with Crippen LogP contribution in [0.2, 0.25) is 0 Å². The second-order valence-corrected chi connectivity index (χ2v) is 5.20. The van der Waals surface area contributed by atoms with E-state index in [4.69, 9.17) is 5.73 Å². The molecule has 1 aromatic carbocycles. The monoisotopic (exact) mass is 313 g/mol. The minimum absolute atomic E-state index is 0. The Bertz CT molecular complexity index is 536. The van der Waals surface area contributed by atoms with E-state index in [1.165, 1.54) is 6.07 Å². The number of benzene rings is 1. The van der Waals surface area contributed by atoms with Crippen LogP contribution in [-0.2, 0) is 0 Å². The summed E-state index contributed by atoms with van der Waals surface area (Å²) in [5.74, 6) is 0.191. The number of nitrogens with zero attached hydrogens (tertiary/aromatic N) is 2. The van der Waals surface area contributed by atoms with Gasteiger partial charge in [0.05, 0.1) is 4.92 Å². The highest BCUT2D eigenvalue weighted by Crippen LogP contribution is 2.24. The van der Waals surface area contributed by atoms with Crippen molar-refractivity contribution in [3.8, 4) is 0 Å². The summed E-state index contributed by atoms with van der Waals surface area (Å²) in [6.45, 7) is 3.52. The molecule has 1 atom stereocenters. The van der Waals surface area contributed by atoms with Crippen molar-refractivity contribution >= 4 is 24.0 Å². The van der Waals surface area contributed by atoms with Gasteiger partial charge in [0.2, 0.25) is 0 Å². The molecule has 21 heavy (non-hydrogen) atoms. The van der Waals surface area contributed by atoms with E-state index in [2.05, 4.69) is 0 Å². The van der Waals surface area contributed by atoms with Gasteiger partial charge in [-0.3, -0.25) is 14.9 Å². The summed E-state index contributed by atoms with van der Waals surface area (Å²) in [5, 5.41) is 10.9. The Morgan fingerprint density at radius 3 is 2.86 bits per heavy atom. The summed E-state index contributed by atoms with van der Waals surface area (Å²) in [7, 11) is 0. The van der Waals surface area contributed by atoms with Gasteiger partial charge in [-0.15, -0.1) is 12.4 Å². The van der Waals surface area contributed by atoms with Gasteiger partial charge in [0.1, 0.15) is 0 Å². The Morgan fingerprint density at radius 2 is 2.24 bits per heavy atom. The van der Waals surface area contributed by atoms with Crippen molar-refractivity contribution in [1.29, 1.82) is 0 Å². The smallest absolute Gasteiger partial charge is 0.273 e. The van der Waals surface area contributed by atoms with Gasteiger partial charge in [-0.05, 0) is 38.3 Å². The summed E-state index contributed by atoms with van der Waals surface area (Å²) >= 11 is 0. The Balaban J connectivity index is 0.00000220. The molecule has 1 unspecified atom stereocenters. The molecular formula is C14H20ClN3O3. The van der Waals surface area contributed by atoms with Crippen molar-refractivity contribution in [3.05, 3.63) is 39.4 Å². The number of hydrogen-bond donors (Lipinski definition) is 1. The maximum atomic E-state index is 12.5. The SMILES string of the molecule is Cc1c(C(=O)N2CCCC(CN)C2)cccc1[N+](=O)[O-].Cl. The molecule has 1 aliphatic rings. The first kappa shape index (κ1) is 17.4. The number of hydrogen-bond acceptors (Lipinski definition) is 4. The van der Waals surface area contributed by atoms with E-state index in [0.29, 0.717) is 36.7 Å². The van der Waals surface area contributed by atoms with Crippen LogP contribution in [0.25, 0.3) is 0 Å². The van der Waals surface area contributed by atoms with E-state index in [1.807, 2.05) is 0 Å². The zero-order chi connectivity index (χ0) is 14.7. The molecule has 0 radical (unpaired) electrons.